The van der Waals surface area contributed by atoms with E-state index in [0.717, 1.165) is 30.0 Å². The summed E-state index contributed by atoms with van der Waals surface area (Å²) in [4.78, 5) is 0. The van der Waals surface area contributed by atoms with Crippen molar-refractivity contribution in [3.8, 4) is 5.75 Å². The average molecular weight is 341 g/mol. The van der Waals surface area contributed by atoms with Crippen molar-refractivity contribution in [2.45, 2.75) is 26.2 Å². The molecule has 2 rings (SSSR count). The summed E-state index contributed by atoms with van der Waals surface area (Å²) < 4.78 is 5.68. The van der Waals surface area contributed by atoms with Gasteiger partial charge in [0.05, 0.1) is 12.8 Å². The first-order valence-electron chi connectivity index (χ1n) is 8.16. The highest BCUT2D eigenvalue weighted by molar-refractivity contribution is 7.80. The molecule has 0 aliphatic rings. The maximum atomic E-state index is 5.68. The Bertz CT molecular complexity index is 641. The van der Waals surface area contributed by atoms with Crippen LogP contribution in [0.3, 0.4) is 0 Å². The van der Waals surface area contributed by atoms with E-state index in [1.807, 2.05) is 54.6 Å². The molecule has 0 saturated carbocycles. The first-order chi connectivity index (χ1) is 11.8. The summed E-state index contributed by atoms with van der Waals surface area (Å²) in [6, 6.07) is 17.6. The molecule has 126 valence electrons. The van der Waals surface area contributed by atoms with Gasteiger partial charge in [0.15, 0.2) is 5.11 Å². The zero-order valence-electron chi connectivity index (χ0n) is 13.9. The molecular weight excluding hydrogens is 318 g/mol. The summed E-state index contributed by atoms with van der Waals surface area (Å²) in [5.41, 5.74) is 4.70. The number of hydrogen-bond acceptors (Lipinski definition) is 3. The van der Waals surface area contributed by atoms with Crippen LogP contribution in [0, 0.1) is 0 Å². The summed E-state index contributed by atoms with van der Waals surface area (Å²) >= 11 is 5.19. The molecule has 0 bridgehead atoms. The number of thiocarbonyl (C=S) groups is 1. The van der Waals surface area contributed by atoms with Crippen molar-refractivity contribution in [2.75, 3.05) is 11.9 Å². The van der Waals surface area contributed by atoms with E-state index >= 15 is 0 Å². The van der Waals surface area contributed by atoms with Crippen molar-refractivity contribution in [1.82, 2.24) is 5.43 Å². The third-order valence-corrected chi connectivity index (χ3v) is 3.50. The van der Waals surface area contributed by atoms with Gasteiger partial charge in [0.2, 0.25) is 0 Å². The molecule has 0 aromatic heterocycles. The van der Waals surface area contributed by atoms with Gasteiger partial charge in [-0.1, -0.05) is 38.0 Å². The molecule has 0 heterocycles. The summed E-state index contributed by atoms with van der Waals surface area (Å²) in [6.07, 6.45) is 5.22. The van der Waals surface area contributed by atoms with Crippen LogP contribution in [0.15, 0.2) is 59.7 Å². The smallest absolute Gasteiger partial charge is 0.191 e. The van der Waals surface area contributed by atoms with Gasteiger partial charge in [-0.05, 0) is 60.6 Å². The molecule has 5 heteroatoms. The molecule has 2 N–H and O–H groups in total. The van der Waals surface area contributed by atoms with Crippen LogP contribution in [0.5, 0.6) is 5.75 Å². The third-order valence-electron chi connectivity index (χ3n) is 3.31. The Morgan fingerprint density at radius 3 is 2.54 bits per heavy atom. The number of ether oxygens (including phenoxy) is 1. The average Bonchev–Trinajstić information content (AvgIpc) is 2.61. The number of nitrogens with zero attached hydrogens (tertiary/aromatic N) is 1. The lowest BCUT2D eigenvalue weighted by atomic mass is 10.2. The maximum absolute atomic E-state index is 5.68. The zero-order valence-corrected chi connectivity index (χ0v) is 14.7. The van der Waals surface area contributed by atoms with E-state index in [4.69, 9.17) is 17.0 Å². The number of nitrogens with one attached hydrogen (secondary N) is 2. The van der Waals surface area contributed by atoms with Crippen LogP contribution in [-0.4, -0.2) is 17.9 Å². The molecule has 2 aromatic rings. The number of benzene rings is 2. The summed E-state index contributed by atoms with van der Waals surface area (Å²) in [7, 11) is 0. The van der Waals surface area contributed by atoms with Crippen molar-refractivity contribution in [2.24, 2.45) is 5.10 Å². The largest absolute Gasteiger partial charge is 0.494 e. The fourth-order valence-electron chi connectivity index (χ4n) is 2.04. The first kappa shape index (κ1) is 17.9. The number of rotatable bonds is 8. The highest BCUT2D eigenvalue weighted by Gasteiger charge is 1.96. The number of unbranched alkanes of at least 4 members (excludes halogenated alkanes) is 2. The van der Waals surface area contributed by atoms with Crippen LogP contribution in [0.2, 0.25) is 0 Å². The first-order valence-corrected chi connectivity index (χ1v) is 8.56. The van der Waals surface area contributed by atoms with Gasteiger partial charge < -0.3 is 10.1 Å². The van der Waals surface area contributed by atoms with Gasteiger partial charge in [-0.25, -0.2) is 0 Å². The van der Waals surface area contributed by atoms with Crippen molar-refractivity contribution in [1.29, 1.82) is 0 Å². The Kier molecular flexibility index (Phi) is 7.77. The van der Waals surface area contributed by atoms with Crippen molar-refractivity contribution >= 4 is 29.2 Å². The predicted molar refractivity (Wildman–Crippen MR) is 105 cm³/mol. The third kappa shape index (κ3) is 6.79. The fraction of sp³-hybridized carbons (Fsp3) is 0.263. The lowest BCUT2D eigenvalue weighted by Crippen LogP contribution is -2.23. The number of hydrazone groups is 1. The van der Waals surface area contributed by atoms with Crippen LogP contribution in [0.1, 0.15) is 31.7 Å². The molecular formula is C19H23N3OS. The van der Waals surface area contributed by atoms with Gasteiger partial charge >= 0.3 is 0 Å². The Balaban J connectivity index is 1.74. The number of para-hydroxylation sites is 1. The SMILES string of the molecule is CCCCCOc1ccc(C=NNC(=S)Nc2ccccc2)cc1. The molecule has 0 aliphatic carbocycles. The fourth-order valence-corrected chi connectivity index (χ4v) is 2.21. The van der Waals surface area contributed by atoms with Gasteiger partial charge in [-0.15, -0.1) is 0 Å². The second-order valence-electron chi connectivity index (χ2n) is 5.31. The summed E-state index contributed by atoms with van der Waals surface area (Å²) in [5.74, 6) is 0.887. The van der Waals surface area contributed by atoms with Crippen LogP contribution >= 0.6 is 12.2 Å². The van der Waals surface area contributed by atoms with Gasteiger partial charge in [0, 0.05) is 5.69 Å². The molecule has 0 unspecified atom stereocenters. The van der Waals surface area contributed by atoms with E-state index in [-0.39, 0.29) is 0 Å². The van der Waals surface area contributed by atoms with Crippen molar-refractivity contribution in [3.63, 3.8) is 0 Å². The normalized spacial score (nSPS) is 10.5. The minimum atomic E-state index is 0.452. The topological polar surface area (TPSA) is 45.6 Å². The molecule has 0 spiro atoms. The Hall–Kier alpha value is -2.40. The van der Waals surface area contributed by atoms with Gasteiger partial charge in [0.1, 0.15) is 5.75 Å². The second kappa shape index (κ2) is 10.4. The molecule has 0 atom stereocenters. The van der Waals surface area contributed by atoms with E-state index in [2.05, 4.69) is 22.8 Å². The van der Waals surface area contributed by atoms with E-state index in [1.165, 1.54) is 12.8 Å². The highest BCUT2D eigenvalue weighted by atomic mass is 32.1. The number of hydrogen-bond donors (Lipinski definition) is 2. The molecule has 24 heavy (non-hydrogen) atoms. The Morgan fingerprint density at radius 2 is 1.83 bits per heavy atom. The highest BCUT2D eigenvalue weighted by Crippen LogP contribution is 2.12. The Morgan fingerprint density at radius 1 is 1.08 bits per heavy atom. The van der Waals surface area contributed by atoms with Crippen LogP contribution in [0.4, 0.5) is 5.69 Å². The molecule has 0 radical (unpaired) electrons. The van der Waals surface area contributed by atoms with E-state index in [9.17, 15) is 0 Å². The minimum Gasteiger partial charge on any atom is -0.494 e. The molecule has 0 amide bonds. The van der Waals surface area contributed by atoms with Crippen LogP contribution in [0.25, 0.3) is 0 Å². The quantitative estimate of drug-likeness (QED) is 0.319. The minimum absolute atomic E-state index is 0.452. The van der Waals surface area contributed by atoms with Crippen LogP contribution in [-0.2, 0) is 0 Å². The standard InChI is InChI=1S/C19H23N3OS/c1-2-3-7-14-23-18-12-10-16(11-13-18)15-20-22-19(24)21-17-8-5-4-6-9-17/h4-6,8-13,15H,2-3,7,14H2,1H3,(H2,21,22,24). The lowest BCUT2D eigenvalue weighted by molar-refractivity contribution is 0.306. The second-order valence-corrected chi connectivity index (χ2v) is 5.72. The zero-order chi connectivity index (χ0) is 17.0. The van der Waals surface area contributed by atoms with Crippen molar-refractivity contribution < 1.29 is 4.74 Å². The summed E-state index contributed by atoms with van der Waals surface area (Å²) in [5, 5.41) is 7.64. The molecule has 2 aromatic carbocycles. The molecule has 0 fully saturated rings. The van der Waals surface area contributed by atoms with Crippen LogP contribution < -0.4 is 15.5 Å². The molecule has 0 saturated heterocycles. The molecule has 4 nitrogen and oxygen atoms in total. The van der Waals surface area contributed by atoms with Gasteiger partial charge in [0.25, 0.3) is 0 Å². The van der Waals surface area contributed by atoms with Gasteiger partial charge in [-0.2, -0.15) is 5.10 Å². The van der Waals surface area contributed by atoms with E-state index < -0.39 is 0 Å². The number of anilines is 1. The van der Waals surface area contributed by atoms with Gasteiger partial charge in [-0.3, -0.25) is 5.43 Å². The summed E-state index contributed by atoms with van der Waals surface area (Å²) in [6.45, 7) is 2.95. The van der Waals surface area contributed by atoms with E-state index in [1.54, 1.807) is 6.21 Å². The maximum Gasteiger partial charge on any atom is 0.191 e. The van der Waals surface area contributed by atoms with E-state index in [0.29, 0.717) is 5.11 Å². The van der Waals surface area contributed by atoms with Crippen molar-refractivity contribution in [3.05, 3.63) is 60.2 Å². The molecule has 0 aliphatic heterocycles. The monoisotopic (exact) mass is 341 g/mol. The predicted octanol–water partition coefficient (Wildman–Crippen LogP) is 4.58. The lowest BCUT2D eigenvalue weighted by Gasteiger charge is -2.06. The Labute approximate surface area is 148 Å².